The van der Waals surface area contributed by atoms with E-state index in [2.05, 4.69) is 16.0 Å². The molecule has 2 aromatic carbocycles. The third kappa shape index (κ3) is 3.22. The minimum Gasteiger partial charge on any atom is -0.493 e. The highest BCUT2D eigenvalue weighted by atomic mass is 16.5. The van der Waals surface area contributed by atoms with E-state index in [0.717, 1.165) is 57.6 Å². The van der Waals surface area contributed by atoms with Crippen LogP contribution in [0.3, 0.4) is 0 Å². The molecule has 0 amide bonds. The normalized spacial score (nSPS) is 13.8. The van der Waals surface area contributed by atoms with Crippen molar-refractivity contribution in [3.63, 3.8) is 0 Å². The van der Waals surface area contributed by atoms with Crippen LogP contribution >= 0.6 is 0 Å². The Bertz CT molecular complexity index is 1600. The first-order valence-corrected chi connectivity index (χ1v) is 11.1. The molecule has 5 aromatic rings. The zero-order chi connectivity index (χ0) is 22.4. The molecule has 0 atom stereocenters. The Morgan fingerprint density at radius 1 is 1.00 bits per heavy atom. The van der Waals surface area contributed by atoms with Crippen molar-refractivity contribution in [1.82, 2.24) is 19.6 Å². The maximum atomic E-state index is 13.8. The first-order chi connectivity index (χ1) is 16.2. The Balaban J connectivity index is 1.63. The highest BCUT2D eigenvalue weighted by molar-refractivity contribution is 5.87. The van der Waals surface area contributed by atoms with E-state index in [9.17, 15) is 4.79 Å². The fourth-order valence-corrected chi connectivity index (χ4v) is 4.52. The van der Waals surface area contributed by atoms with Gasteiger partial charge in [0.25, 0.3) is 5.56 Å². The van der Waals surface area contributed by atoms with E-state index in [1.807, 2.05) is 67.6 Å². The molecule has 0 saturated carbocycles. The minimum atomic E-state index is -0.163. The van der Waals surface area contributed by atoms with Crippen LogP contribution in [0.5, 0.6) is 0 Å². The molecular formula is C27H22N4O2. The van der Waals surface area contributed by atoms with Crippen molar-refractivity contribution < 1.29 is 4.74 Å². The first kappa shape index (κ1) is 19.5. The van der Waals surface area contributed by atoms with Gasteiger partial charge >= 0.3 is 0 Å². The van der Waals surface area contributed by atoms with Gasteiger partial charge in [-0.1, -0.05) is 42.5 Å². The summed E-state index contributed by atoms with van der Waals surface area (Å²) < 4.78 is 7.49. The average Bonchev–Trinajstić information content (AvgIpc) is 3.24. The van der Waals surface area contributed by atoms with Crippen molar-refractivity contribution >= 4 is 22.3 Å². The summed E-state index contributed by atoms with van der Waals surface area (Å²) in [5.41, 5.74) is 6.10. The van der Waals surface area contributed by atoms with Gasteiger partial charge in [0, 0.05) is 22.8 Å². The first-order valence-electron chi connectivity index (χ1n) is 11.1. The summed E-state index contributed by atoms with van der Waals surface area (Å²) >= 11 is 0. The number of hydrogen-bond donors (Lipinski definition) is 1. The standard InChI is InChI=1S/C27H22N4O2/c1-17-23(20-12-13-21-19(16-20)10-7-14-28-21)27(32)31-26(29-17)24(22-11-5-6-15-33-22)25(30-31)18-8-3-2-4-9-18/h2-4,7-14,16,29H,5-6,15H2,1H3. The number of aromatic nitrogens is 4. The van der Waals surface area contributed by atoms with Crippen LogP contribution < -0.4 is 5.56 Å². The Kier molecular flexibility index (Phi) is 4.57. The summed E-state index contributed by atoms with van der Waals surface area (Å²) in [6, 6.07) is 19.7. The van der Waals surface area contributed by atoms with Crippen LogP contribution in [-0.2, 0) is 4.74 Å². The van der Waals surface area contributed by atoms with Gasteiger partial charge in [0.2, 0.25) is 0 Å². The number of aromatic amines is 1. The van der Waals surface area contributed by atoms with E-state index >= 15 is 0 Å². The van der Waals surface area contributed by atoms with Gasteiger partial charge in [-0.3, -0.25) is 9.78 Å². The van der Waals surface area contributed by atoms with Crippen molar-refractivity contribution in [2.75, 3.05) is 6.61 Å². The van der Waals surface area contributed by atoms with Crippen molar-refractivity contribution in [3.05, 3.63) is 94.5 Å². The number of H-pyrrole nitrogens is 1. The van der Waals surface area contributed by atoms with Crippen LogP contribution in [0.25, 0.3) is 44.7 Å². The van der Waals surface area contributed by atoms with E-state index in [4.69, 9.17) is 9.84 Å². The van der Waals surface area contributed by atoms with E-state index in [0.29, 0.717) is 17.8 Å². The van der Waals surface area contributed by atoms with Crippen LogP contribution in [0, 0.1) is 6.92 Å². The van der Waals surface area contributed by atoms with Gasteiger partial charge in [-0.25, -0.2) is 0 Å². The van der Waals surface area contributed by atoms with Gasteiger partial charge in [0.05, 0.1) is 23.3 Å². The van der Waals surface area contributed by atoms with Crippen LogP contribution in [0.2, 0.25) is 0 Å². The highest BCUT2D eigenvalue weighted by Gasteiger charge is 2.24. The zero-order valence-corrected chi connectivity index (χ0v) is 18.2. The van der Waals surface area contributed by atoms with Crippen molar-refractivity contribution in [3.8, 4) is 22.4 Å². The summed E-state index contributed by atoms with van der Waals surface area (Å²) in [7, 11) is 0. The van der Waals surface area contributed by atoms with Gasteiger partial charge in [0.1, 0.15) is 17.1 Å². The molecule has 0 radical (unpaired) electrons. The lowest BCUT2D eigenvalue weighted by Gasteiger charge is -2.15. The molecule has 0 unspecified atom stereocenters. The number of benzene rings is 2. The number of fused-ring (bicyclic) bond motifs is 2. The topological polar surface area (TPSA) is 72.3 Å². The quantitative estimate of drug-likeness (QED) is 0.415. The second kappa shape index (κ2) is 7.74. The fraction of sp³-hybridized carbons (Fsp3) is 0.148. The molecule has 0 saturated heterocycles. The number of nitrogens with zero attached hydrogens (tertiary/aromatic N) is 3. The number of rotatable bonds is 3. The lowest BCUT2D eigenvalue weighted by Crippen LogP contribution is -2.19. The number of hydrogen-bond acceptors (Lipinski definition) is 4. The zero-order valence-electron chi connectivity index (χ0n) is 18.2. The molecule has 33 heavy (non-hydrogen) atoms. The number of nitrogens with one attached hydrogen (secondary N) is 1. The Morgan fingerprint density at radius 2 is 1.88 bits per heavy atom. The average molecular weight is 434 g/mol. The molecule has 0 spiro atoms. The predicted octanol–water partition coefficient (Wildman–Crippen LogP) is 5.36. The molecule has 162 valence electrons. The predicted molar refractivity (Wildman–Crippen MR) is 130 cm³/mol. The SMILES string of the molecule is Cc1[nH]c2c(C3=CCCCO3)c(-c3ccccc3)nn2c(=O)c1-c1ccc2ncccc2c1. The Labute approximate surface area is 190 Å². The number of aryl methyl sites for hydroxylation is 1. The highest BCUT2D eigenvalue weighted by Crippen LogP contribution is 2.34. The van der Waals surface area contributed by atoms with Crippen molar-refractivity contribution in [1.29, 1.82) is 0 Å². The molecule has 0 fully saturated rings. The lowest BCUT2D eigenvalue weighted by atomic mass is 10.0. The van der Waals surface area contributed by atoms with E-state index in [1.165, 1.54) is 4.52 Å². The number of ether oxygens (including phenoxy) is 1. The summed E-state index contributed by atoms with van der Waals surface area (Å²) in [5, 5.41) is 5.77. The molecule has 6 nitrogen and oxygen atoms in total. The van der Waals surface area contributed by atoms with Gasteiger partial charge in [-0.2, -0.15) is 9.61 Å². The van der Waals surface area contributed by atoms with Crippen LogP contribution in [-0.4, -0.2) is 26.2 Å². The van der Waals surface area contributed by atoms with Crippen LogP contribution in [0.15, 0.2) is 77.7 Å². The Morgan fingerprint density at radius 3 is 2.70 bits per heavy atom. The van der Waals surface area contributed by atoms with Gasteiger partial charge in [-0.15, -0.1) is 0 Å². The van der Waals surface area contributed by atoms with E-state index in [-0.39, 0.29) is 5.56 Å². The number of pyridine rings is 1. The monoisotopic (exact) mass is 434 g/mol. The molecule has 0 aliphatic carbocycles. The summed E-state index contributed by atoms with van der Waals surface area (Å²) in [6.45, 7) is 2.59. The minimum absolute atomic E-state index is 0.163. The molecule has 6 heteroatoms. The summed E-state index contributed by atoms with van der Waals surface area (Å²) in [6.07, 6.45) is 5.78. The molecule has 3 aromatic heterocycles. The van der Waals surface area contributed by atoms with E-state index in [1.54, 1.807) is 6.20 Å². The third-order valence-electron chi connectivity index (χ3n) is 6.09. The molecular weight excluding hydrogens is 412 g/mol. The van der Waals surface area contributed by atoms with Gasteiger partial charge < -0.3 is 9.72 Å². The molecule has 1 N–H and O–H groups in total. The van der Waals surface area contributed by atoms with Crippen molar-refractivity contribution in [2.24, 2.45) is 0 Å². The maximum Gasteiger partial charge on any atom is 0.282 e. The van der Waals surface area contributed by atoms with E-state index < -0.39 is 0 Å². The molecule has 6 rings (SSSR count). The third-order valence-corrected chi connectivity index (χ3v) is 6.09. The van der Waals surface area contributed by atoms with Crippen LogP contribution in [0.1, 0.15) is 24.1 Å². The van der Waals surface area contributed by atoms with Crippen LogP contribution in [0.4, 0.5) is 0 Å². The molecule has 0 bridgehead atoms. The second-order valence-electron chi connectivity index (χ2n) is 8.25. The second-order valence-corrected chi connectivity index (χ2v) is 8.25. The molecule has 1 aliphatic heterocycles. The maximum absolute atomic E-state index is 13.8. The molecule has 1 aliphatic rings. The largest absolute Gasteiger partial charge is 0.493 e. The van der Waals surface area contributed by atoms with Crippen molar-refractivity contribution in [2.45, 2.75) is 19.8 Å². The smallest absolute Gasteiger partial charge is 0.282 e. The van der Waals surface area contributed by atoms with Gasteiger partial charge in [-0.05, 0) is 49.6 Å². The fourth-order valence-electron chi connectivity index (χ4n) is 4.52. The molecule has 4 heterocycles. The lowest BCUT2D eigenvalue weighted by molar-refractivity contribution is 0.259. The summed E-state index contributed by atoms with van der Waals surface area (Å²) in [5.74, 6) is 0.773. The van der Waals surface area contributed by atoms with Gasteiger partial charge in [0.15, 0.2) is 0 Å². The summed E-state index contributed by atoms with van der Waals surface area (Å²) in [4.78, 5) is 21.6. The Hall–Kier alpha value is -4.19. The number of allylic oxidation sites excluding steroid dienone is 1.